The molecule has 1 saturated carbocycles. The van der Waals surface area contributed by atoms with E-state index in [1.807, 2.05) is 0 Å². The third-order valence-corrected chi connectivity index (χ3v) is 2.75. The molecule has 0 heterocycles. The molecule has 1 aliphatic carbocycles. The minimum atomic E-state index is -1.35. The first-order chi connectivity index (χ1) is 4.29. The lowest BCUT2D eigenvalue weighted by Crippen LogP contribution is -1.91. The second-order valence-electron chi connectivity index (χ2n) is 2.31. The molecule has 1 fully saturated rings. The molecule has 0 aromatic rings. The zero-order chi connectivity index (χ0) is 6.69. The highest BCUT2D eigenvalue weighted by molar-refractivity contribution is 7.96. The molecule has 1 nitrogen and oxygen atoms in total. The first kappa shape index (κ1) is 7.91. The van der Waals surface area contributed by atoms with E-state index in [4.69, 9.17) is 22.5 Å². The molecular formula is C5H10Cl2NP. The largest absolute Gasteiger partial charge is 0.272 e. The van der Waals surface area contributed by atoms with Crippen molar-refractivity contribution in [2.24, 2.45) is 4.74 Å². The molecular weight excluding hydrogens is 176 g/mol. The van der Waals surface area contributed by atoms with Crippen molar-refractivity contribution in [3.05, 3.63) is 0 Å². The Morgan fingerprint density at radius 3 is 2.22 bits per heavy atom. The van der Waals surface area contributed by atoms with Gasteiger partial charge in [0.1, 0.15) is 6.42 Å². The fourth-order valence-corrected chi connectivity index (χ4v) is 2.53. The third kappa shape index (κ3) is 2.93. The third-order valence-electron chi connectivity index (χ3n) is 1.60. The van der Waals surface area contributed by atoms with Crippen LogP contribution in [0.4, 0.5) is 0 Å². The van der Waals surface area contributed by atoms with Crippen LogP contribution in [0.3, 0.4) is 0 Å². The van der Waals surface area contributed by atoms with Crippen molar-refractivity contribution in [3.8, 4) is 0 Å². The maximum absolute atomic E-state index is 5.56. The molecule has 0 spiro atoms. The summed E-state index contributed by atoms with van der Waals surface area (Å²) in [6, 6.07) is 0.494. The molecule has 0 saturated heterocycles. The molecule has 0 aliphatic heterocycles. The molecule has 9 heavy (non-hydrogen) atoms. The van der Waals surface area contributed by atoms with E-state index in [-0.39, 0.29) is 0 Å². The molecule has 4 heteroatoms. The summed E-state index contributed by atoms with van der Waals surface area (Å²) in [5.41, 5.74) is 0. The molecule has 0 atom stereocenters. The summed E-state index contributed by atoms with van der Waals surface area (Å²) in [6.07, 6.45) is 3.66. The maximum atomic E-state index is 5.56. The Morgan fingerprint density at radius 2 is 1.78 bits per heavy atom. The van der Waals surface area contributed by atoms with Gasteiger partial charge in [0.25, 0.3) is 0 Å². The molecule has 0 aromatic heterocycles. The van der Waals surface area contributed by atoms with Crippen LogP contribution in [0.2, 0.25) is 0 Å². The number of rotatable bonds is 1. The molecule has 1 aliphatic rings. The van der Waals surface area contributed by atoms with Gasteiger partial charge in [-0.2, -0.15) is 0 Å². The van der Waals surface area contributed by atoms with Crippen molar-refractivity contribution in [1.29, 1.82) is 0 Å². The zero-order valence-electron chi connectivity index (χ0n) is 5.11. The Bertz CT molecular complexity index is 116. The Labute approximate surface area is 65.8 Å². The number of hydrogen-bond acceptors (Lipinski definition) is 1. The number of halogens is 2. The molecule has 0 unspecified atom stereocenters. The Hall–Kier alpha value is 0.810. The second kappa shape index (κ2) is 3.85. The summed E-state index contributed by atoms with van der Waals surface area (Å²) < 4.78 is 4.21. The average molecular weight is 186 g/mol. The smallest absolute Gasteiger partial charge is 0.125 e. The first-order valence-electron chi connectivity index (χ1n) is 3.18. The van der Waals surface area contributed by atoms with E-state index in [0.717, 1.165) is 0 Å². The van der Waals surface area contributed by atoms with E-state index in [1.54, 1.807) is 0 Å². The van der Waals surface area contributed by atoms with Gasteiger partial charge >= 0.3 is 0 Å². The van der Waals surface area contributed by atoms with Crippen LogP contribution in [0.15, 0.2) is 4.74 Å². The van der Waals surface area contributed by atoms with Crippen LogP contribution in [0, 0.1) is 0 Å². The number of nitrogens with zero attached hydrogens (tertiary/aromatic N) is 1. The van der Waals surface area contributed by atoms with E-state index in [9.17, 15) is 0 Å². The van der Waals surface area contributed by atoms with Gasteiger partial charge in [-0.25, -0.2) is 0 Å². The van der Waals surface area contributed by atoms with Gasteiger partial charge in [-0.05, 0) is 12.8 Å². The Kier molecular flexibility index (Phi) is 3.39. The Balaban J connectivity index is 2.35. The fraction of sp³-hybridized carbons (Fsp3) is 1.00. The highest BCUT2D eigenvalue weighted by Crippen LogP contribution is 2.40. The van der Waals surface area contributed by atoms with Crippen molar-refractivity contribution >= 4 is 28.9 Å². The average Bonchev–Trinajstić information content (AvgIpc) is 2.15. The van der Waals surface area contributed by atoms with Crippen molar-refractivity contribution < 1.29 is 0 Å². The van der Waals surface area contributed by atoms with Gasteiger partial charge in [-0.3, -0.25) is 4.74 Å². The molecule has 1 rings (SSSR count). The molecule has 0 bridgehead atoms. The van der Waals surface area contributed by atoms with E-state index in [1.165, 1.54) is 25.7 Å². The SMILES string of the molecule is Cl[PH](Cl)=NC1CCCC1. The molecule has 0 aromatic carbocycles. The second-order valence-corrected chi connectivity index (χ2v) is 5.78. The maximum Gasteiger partial charge on any atom is 0.125 e. The Morgan fingerprint density at radius 1 is 1.22 bits per heavy atom. The minimum absolute atomic E-state index is 0.494. The van der Waals surface area contributed by atoms with Crippen LogP contribution in [0.1, 0.15) is 25.7 Å². The van der Waals surface area contributed by atoms with Crippen LogP contribution in [-0.2, 0) is 0 Å². The summed E-state index contributed by atoms with van der Waals surface area (Å²) in [5.74, 6) is 0. The molecule has 0 N–H and O–H groups in total. The van der Waals surface area contributed by atoms with Gasteiger partial charge in [0.15, 0.2) is 0 Å². The normalized spacial score (nSPS) is 21.2. The van der Waals surface area contributed by atoms with Crippen LogP contribution in [0.25, 0.3) is 0 Å². The van der Waals surface area contributed by atoms with Crippen LogP contribution in [-0.4, -0.2) is 6.04 Å². The van der Waals surface area contributed by atoms with Gasteiger partial charge in [0.2, 0.25) is 0 Å². The minimum Gasteiger partial charge on any atom is -0.272 e. The lowest BCUT2D eigenvalue weighted by molar-refractivity contribution is 0.717. The summed E-state index contributed by atoms with van der Waals surface area (Å²) >= 11 is 11.1. The lowest BCUT2D eigenvalue weighted by Gasteiger charge is -1.99. The van der Waals surface area contributed by atoms with E-state index < -0.39 is 6.42 Å². The van der Waals surface area contributed by atoms with E-state index >= 15 is 0 Å². The molecule has 0 amide bonds. The summed E-state index contributed by atoms with van der Waals surface area (Å²) in [4.78, 5) is 0. The fourth-order valence-electron chi connectivity index (χ4n) is 1.17. The summed E-state index contributed by atoms with van der Waals surface area (Å²) in [6.45, 7) is 0. The quantitative estimate of drug-likeness (QED) is 0.554. The summed E-state index contributed by atoms with van der Waals surface area (Å²) in [5, 5.41) is 0. The molecule has 54 valence electrons. The monoisotopic (exact) mass is 185 g/mol. The highest BCUT2D eigenvalue weighted by Gasteiger charge is 2.12. The van der Waals surface area contributed by atoms with Gasteiger partial charge in [-0.15, -0.1) is 0 Å². The van der Waals surface area contributed by atoms with Crippen LogP contribution >= 0.6 is 28.9 Å². The standard InChI is InChI=1S/C5H10Cl2NP/c6-9(7)8-5-3-1-2-4-5/h5,9H,1-4H2. The van der Waals surface area contributed by atoms with Crippen molar-refractivity contribution in [2.45, 2.75) is 31.7 Å². The van der Waals surface area contributed by atoms with E-state index in [2.05, 4.69) is 4.74 Å². The highest BCUT2D eigenvalue weighted by atomic mass is 35.9. The number of hydrogen-bond donors (Lipinski definition) is 0. The predicted octanol–water partition coefficient (Wildman–Crippen LogP) is 3.63. The lowest BCUT2D eigenvalue weighted by atomic mass is 10.3. The van der Waals surface area contributed by atoms with Gasteiger partial charge < -0.3 is 0 Å². The van der Waals surface area contributed by atoms with Crippen molar-refractivity contribution in [1.82, 2.24) is 0 Å². The van der Waals surface area contributed by atoms with Gasteiger partial charge in [-0.1, -0.05) is 35.3 Å². The van der Waals surface area contributed by atoms with Crippen LogP contribution < -0.4 is 0 Å². The predicted molar refractivity (Wildman–Crippen MR) is 44.7 cm³/mol. The first-order valence-corrected chi connectivity index (χ1v) is 6.65. The summed E-state index contributed by atoms with van der Waals surface area (Å²) in [7, 11) is 0. The van der Waals surface area contributed by atoms with Crippen molar-refractivity contribution in [3.63, 3.8) is 0 Å². The van der Waals surface area contributed by atoms with Gasteiger partial charge in [0.05, 0.1) is 6.04 Å². The topological polar surface area (TPSA) is 12.4 Å². The van der Waals surface area contributed by atoms with Crippen LogP contribution in [0.5, 0.6) is 0 Å². The van der Waals surface area contributed by atoms with E-state index in [0.29, 0.717) is 6.04 Å². The zero-order valence-corrected chi connectivity index (χ0v) is 7.62. The van der Waals surface area contributed by atoms with Crippen molar-refractivity contribution in [2.75, 3.05) is 0 Å². The van der Waals surface area contributed by atoms with Gasteiger partial charge in [0, 0.05) is 0 Å². The molecule has 0 radical (unpaired) electrons.